The number of halogens is 4. The van der Waals surface area contributed by atoms with Crippen LogP contribution in [0.25, 0.3) is 22.0 Å². The Balaban J connectivity index is 1.60. The lowest BCUT2D eigenvalue weighted by atomic mass is 9.96. The first-order valence-corrected chi connectivity index (χ1v) is 12.8. The van der Waals surface area contributed by atoms with Gasteiger partial charge in [0.05, 0.1) is 35.4 Å². The van der Waals surface area contributed by atoms with Crippen LogP contribution in [0.5, 0.6) is 0 Å². The van der Waals surface area contributed by atoms with E-state index in [9.17, 15) is 27.6 Å². The number of anilines is 1. The molecule has 0 saturated carbocycles. The first-order chi connectivity index (χ1) is 19.5. The van der Waals surface area contributed by atoms with E-state index >= 15 is 0 Å². The number of nitrogens with zero attached hydrogens (tertiary/aromatic N) is 5. The predicted molar refractivity (Wildman–Crippen MR) is 146 cm³/mol. The summed E-state index contributed by atoms with van der Waals surface area (Å²) in [7, 11) is 1.64. The Bertz CT molecular complexity index is 2030. The van der Waals surface area contributed by atoms with Gasteiger partial charge < -0.3 is 5.32 Å². The van der Waals surface area contributed by atoms with Crippen LogP contribution in [0.1, 0.15) is 22.5 Å². The van der Waals surface area contributed by atoms with E-state index in [1.807, 2.05) is 0 Å². The molecule has 3 heterocycles. The van der Waals surface area contributed by atoms with Crippen molar-refractivity contribution in [2.75, 3.05) is 5.32 Å². The van der Waals surface area contributed by atoms with Crippen molar-refractivity contribution in [1.29, 1.82) is 0 Å². The predicted octanol–water partition coefficient (Wildman–Crippen LogP) is 3.93. The number of amides is 1. The first-order valence-electron chi connectivity index (χ1n) is 12.4. The molecule has 0 aliphatic carbocycles. The van der Waals surface area contributed by atoms with E-state index in [4.69, 9.17) is 11.6 Å². The Labute approximate surface area is 234 Å². The molecule has 5 aromatic rings. The van der Waals surface area contributed by atoms with E-state index < -0.39 is 28.7 Å². The number of carbonyl (C=O) groups excluding carboxylic acids is 1. The van der Waals surface area contributed by atoms with Gasteiger partial charge in [0, 0.05) is 18.3 Å². The van der Waals surface area contributed by atoms with Crippen LogP contribution in [0, 0.1) is 24.4 Å². The summed E-state index contributed by atoms with van der Waals surface area (Å²) in [4.78, 5) is 43.4. The lowest BCUT2D eigenvalue weighted by Crippen LogP contribution is -2.41. The zero-order valence-electron chi connectivity index (χ0n) is 21.6. The van der Waals surface area contributed by atoms with Crippen LogP contribution in [-0.2, 0) is 31.4 Å². The average Bonchev–Trinajstić information content (AvgIpc) is 3.50. The van der Waals surface area contributed by atoms with Crippen LogP contribution in [0.3, 0.4) is 0 Å². The first kappa shape index (κ1) is 26.5. The van der Waals surface area contributed by atoms with Crippen molar-refractivity contribution in [3.63, 3.8) is 0 Å². The van der Waals surface area contributed by atoms with Gasteiger partial charge in [0.15, 0.2) is 23.3 Å². The standard InChI is InChI=1S/C28H20ClF3N6O3/c1-13-3-18-23(8-16(13)17-6-15-7-25(39)34-22(15)9-19(17)29)37(10-14-4-20(30)26(32)21(31)5-14)28(41)38(27(18)40)11-24-33-12-36(2)35-24/h3-6,8-9,12H,7,10-11H2,1-2H3,(H,34,39). The second-order valence-corrected chi connectivity index (χ2v) is 10.3. The summed E-state index contributed by atoms with van der Waals surface area (Å²) in [6.07, 6.45) is 1.59. The van der Waals surface area contributed by atoms with E-state index in [2.05, 4.69) is 15.4 Å². The molecule has 1 amide bonds. The van der Waals surface area contributed by atoms with Crippen LogP contribution in [0.2, 0.25) is 5.02 Å². The van der Waals surface area contributed by atoms with E-state index in [1.165, 1.54) is 15.6 Å². The molecule has 0 unspecified atom stereocenters. The van der Waals surface area contributed by atoms with Gasteiger partial charge in [-0.05, 0) is 65.6 Å². The Morgan fingerprint density at radius 2 is 1.68 bits per heavy atom. The summed E-state index contributed by atoms with van der Waals surface area (Å²) < 4.78 is 45.4. The molecule has 6 rings (SSSR count). The van der Waals surface area contributed by atoms with Crippen LogP contribution in [0.15, 0.2) is 52.3 Å². The number of aryl methyl sites for hydroxylation is 2. The van der Waals surface area contributed by atoms with E-state index in [1.54, 1.807) is 38.2 Å². The molecule has 208 valence electrons. The van der Waals surface area contributed by atoms with Crippen LogP contribution in [0.4, 0.5) is 18.9 Å². The van der Waals surface area contributed by atoms with E-state index in [0.29, 0.717) is 27.4 Å². The van der Waals surface area contributed by atoms with Crippen molar-refractivity contribution in [3.05, 3.63) is 109 Å². The van der Waals surface area contributed by atoms with Gasteiger partial charge in [-0.3, -0.25) is 23.4 Å². The normalized spacial score (nSPS) is 12.7. The van der Waals surface area contributed by atoms with Gasteiger partial charge in [0.25, 0.3) is 5.56 Å². The maximum absolute atomic E-state index is 14.1. The number of hydrogen-bond acceptors (Lipinski definition) is 5. The van der Waals surface area contributed by atoms with Crippen LogP contribution in [-0.4, -0.2) is 29.8 Å². The number of benzene rings is 3. The summed E-state index contributed by atoms with van der Waals surface area (Å²) in [6, 6.07) is 8.20. The van der Waals surface area contributed by atoms with Crippen molar-refractivity contribution in [1.82, 2.24) is 23.9 Å². The van der Waals surface area contributed by atoms with Crippen molar-refractivity contribution >= 4 is 34.1 Å². The maximum atomic E-state index is 14.1. The minimum Gasteiger partial charge on any atom is -0.325 e. The number of fused-ring (bicyclic) bond motifs is 2. The highest BCUT2D eigenvalue weighted by Gasteiger charge is 2.23. The molecule has 1 aliphatic heterocycles. The highest BCUT2D eigenvalue weighted by atomic mass is 35.5. The molecule has 2 aromatic heterocycles. The monoisotopic (exact) mass is 580 g/mol. The van der Waals surface area contributed by atoms with Crippen LogP contribution < -0.4 is 16.6 Å². The summed E-state index contributed by atoms with van der Waals surface area (Å²) in [6.45, 7) is 1.14. The molecular weight excluding hydrogens is 561 g/mol. The molecule has 0 bridgehead atoms. The van der Waals surface area contributed by atoms with Gasteiger partial charge in [-0.25, -0.2) is 22.9 Å². The van der Waals surface area contributed by atoms with Crippen molar-refractivity contribution in [3.8, 4) is 11.1 Å². The van der Waals surface area contributed by atoms with Gasteiger partial charge in [0.2, 0.25) is 5.91 Å². The summed E-state index contributed by atoms with van der Waals surface area (Å²) in [5, 5.41) is 7.37. The molecule has 13 heteroatoms. The summed E-state index contributed by atoms with van der Waals surface area (Å²) >= 11 is 6.59. The number of aromatic nitrogens is 5. The molecule has 1 aliphatic rings. The quantitative estimate of drug-likeness (QED) is 0.317. The number of rotatable bonds is 5. The third-order valence-corrected chi connectivity index (χ3v) is 7.32. The highest BCUT2D eigenvalue weighted by Crippen LogP contribution is 2.38. The van der Waals surface area contributed by atoms with Crippen molar-refractivity contribution in [2.24, 2.45) is 7.05 Å². The molecule has 3 aromatic carbocycles. The molecular formula is C28H20ClF3N6O3. The van der Waals surface area contributed by atoms with E-state index in [0.717, 1.165) is 22.3 Å². The van der Waals surface area contributed by atoms with Gasteiger partial charge in [-0.2, -0.15) is 5.10 Å². The zero-order chi connectivity index (χ0) is 29.2. The Kier molecular flexibility index (Phi) is 6.29. The van der Waals surface area contributed by atoms with Gasteiger partial charge in [-0.15, -0.1) is 0 Å². The van der Waals surface area contributed by atoms with Gasteiger partial charge in [-0.1, -0.05) is 11.6 Å². The Morgan fingerprint density at radius 3 is 2.37 bits per heavy atom. The van der Waals surface area contributed by atoms with E-state index in [-0.39, 0.29) is 47.7 Å². The summed E-state index contributed by atoms with van der Waals surface area (Å²) in [5.74, 6) is -4.41. The average molecular weight is 581 g/mol. The van der Waals surface area contributed by atoms with Crippen molar-refractivity contribution < 1.29 is 18.0 Å². The SMILES string of the molecule is Cc1cc2c(=O)n(Cc3ncn(C)n3)c(=O)n(Cc3cc(F)c(F)c(F)c3)c2cc1-c1cc2c(cc1Cl)NC(=O)C2. The highest BCUT2D eigenvalue weighted by molar-refractivity contribution is 6.34. The van der Waals surface area contributed by atoms with Gasteiger partial charge >= 0.3 is 5.69 Å². The lowest BCUT2D eigenvalue weighted by molar-refractivity contribution is -0.115. The second-order valence-electron chi connectivity index (χ2n) is 9.87. The minimum atomic E-state index is -1.63. The molecule has 41 heavy (non-hydrogen) atoms. The second kappa shape index (κ2) is 9.73. The summed E-state index contributed by atoms with van der Waals surface area (Å²) in [5.41, 5.74) is 1.88. The fourth-order valence-corrected chi connectivity index (χ4v) is 5.35. The lowest BCUT2D eigenvalue weighted by Gasteiger charge is -2.17. The molecule has 0 radical (unpaired) electrons. The maximum Gasteiger partial charge on any atom is 0.332 e. The Hall–Kier alpha value is -4.71. The third kappa shape index (κ3) is 4.59. The van der Waals surface area contributed by atoms with Crippen molar-refractivity contribution in [2.45, 2.75) is 26.4 Å². The largest absolute Gasteiger partial charge is 0.332 e. The molecule has 0 saturated heterocycles. The topological polar surface area (TPSA) is 104 Å². The molecule has 0 spiro atoms. The minimum absolute atomic E-state index is 0.0340. The number of carbonyl (C=O) groups is 1. The fourth-order valence-electron chi connectivity index (χ4n) is 5.09. The van der Waals surface area contributed by atoms with Crippen LogP contribution >= 0.6 is 11.6 Å². The molecule has 0 fully saturated rings. The third-order valence-electron chi connectivity index (χ3n) is 7.01. The Morgan fingerprint density at radius 1 is 0.951 bits per heavy atom. The molecule has 0 atom stereocenters. The smallest absolute Gasteiger partial charge is 0.325 e. The van der Waals surface area contributed by atoms with Gasteiger partial charge in [0.1, 0.15) is 6.33 Å². The number of nitrogens with one attached hydrogen (secondary N) is 1. The molecule has 9 nitrogen and oxygen atoms in total. The zero-order valence-corrected chi connectivity index (χ0v) is 22.4. The molecule has 1 N–H and O–H groups in total. The fraction of sp³-hybridized carbons (Fsp3) is 0.179. The number of hydrogen-bond donors (Lipinski definition) is 1.